The molecular formula is C44H83NO5S. The van der Waals surface area contributed by atoms with Crippen molar-refractivity contribution in [1.29, 1.82) is 0 Å². The topological polar surface area (TPSA) is 104 Å². The van der Waals surface area contributed by atoms with E-state index >= 15 is 0 Å². The van der Waals surface area contributed by atoms with E-state index in [0.29, 0.717) is 6.42 Å². The van der Waals surface area contributed by atoms with Gasteiger partial charge in [0.1, 0.15) is 0 Å². The van der Waals surface area contributed by atoms with E-state index in [-0.39, 0.29) is 12.3 Å². The monoisotopic (exact) mass is 738 g/mol. The van der Waals surface area contributed by atoms with Gasteiger partial charge in [-0.05, 0) is 57.8 Å². The van der Waals surface area contributed by atoms with Crippen LogP contribution in [0.5, 0.6) is 0 Å². The van der Waals surface area contributed by atoms with Crippen molar-refractivity contribution in [2.75, 3.05) is 5.75 Å². The number of aliphatic hydroxyl groups is 1. The summed E-state index contributed by atoms with van der Waals surface area (Å²) < 4.78 is 32.5. The molecule has 0 aromatic heterocycles. The van der Waals surface area contributed by atoms with E-state index in [1.165, 1.54) is 147 Å². The molecule has 0 rings (SSSR count). The maximum Gasteiger partial charge on any atom is 0.267 e. The van der Waals surface area contributed by atoms with Gasteiger partial charge in [0, 0.05) is 6.42 Å². The molecule has 0 radical (unpaired) electrons. The smallest absolute Gasteiger partial charge is 0.267 e. The fraction of sp³-hybridized carbons (Fsp3) is 0.841. The molecular weight excluding hydrogens is 655 g/mol. The lowest BCUT2D eigenvalue weighted by Crippen LogP contribution is -2.46. The average Bonchev–Trinajstić information content (AvgIpc) is 3.09. The lowest BCUT2D eigenvalue weighted by atomic mass is 10.0. The zero-order chi connectivity index (χ0) is 37.5. The standard InChI is InChI=1S/C44H83NO5S/c1-3-5-7-9-11-13-15-17-19-20-21-22-23-24-26-27-29-31-33-35-37-39-43(46)42(41-51(48,49)50)45-44(47)40-38-36-34-32-30-28-25-18-16-14-12-10-8-6-4-2/h18,25,29,31,37,39,42-43,46H,3-17,19-24,26-28,30,32-36,38,40-41H2,1-2H3,(H,45,47)(H,48,49,50)/b25-18-,31-29+,39-37+. The molecule has 3 N–H and O–H groups in total. The second-order valence-electron chi connectivity index (χ2n) is 15.0. The van der Waals surface area contributed by atoms with Gasteiger partial charge in [0.15, 0.2) is 0 Å². The van der Waals surface area contributed by atoms with Crippen molar-refractivity contribution >= 4 is 16.0 Å². The lowest BCUT2D eigenvalue weighted by Gasteiger charge is -2.21. The zero-order valence-corrected chi connectivity index (χ0v) is 34.3. The summed E-state index contributed by atoms with van der Waals surface area (Å²) in [5.41, 5.74) is 0. The van der Waals surface area contributed by atoms with E-state index < -0.39 is 28.0 Å². The van der Waals surface area contributed by atoms with Crippen molar-refractivity contribution in [3.8, 4) is 0 Å². The number of allylic oxidation sites excluding steroid dienone is 5. The molecule has 2 unspecified atom stereocenters. The Morgan fingerprint density at radius 3 is 1.24 bits per heavy atom. The van der Waals surface area contributed by atoms with Gasteiger partial charge in [-0.15, -0.1) is 0 Å². The minimum absolute atomic E-state index is 0.278. The number of aliphatic hydroxyl groups excluding tert-OH is 1. The number of carbonyl (C=O) groups excluding carboxylic acids is 1. The van der Waals surface area contributed by atoms with E-state index in [0.717, 1.165) is 51.4 Å². The SMILES string of the molecule is CCCCCCCC/C=C\CCCCCCCC(=O)NC(CS(=O)(=O)O)C(O)/C=C/CC/C=C/CCCCCCCCCCCCCCCCC. The third-order valence-electron chi connectivity index (χ3n) is 9.79. The van der Waals surface area contributed by atoms with Crippen LogP contribution in [0.25, 0.3) is 0 Å². The Labute approximate surface area is 316 Å². The van der Waals surface area contributed by atoms with Crippen LogP contribution in [0.3, 0.4) is 0 Å². The molecule has 0 bridgehead atoms. The van der Waals surface area contributed by atoms with Gasteiger partial charge in [-0.1, -0.05) is 192 Å². The van der Waals surface area contributed by atoms with Crippen LogP contribution in [-0.4, -0.2) is 41.9 Å². The van der Waals surface area contributed by atoms with Crippen molar-refractivity contribution in [3.63, 3.8) is 0 Å². The number of amides is 1. The highest BCUT2D eigenvalue weighted by molar-refractivity contribution is 7.85. The van der Waals surface area contributed by atoms with Gasteiger partial charge < -0.3 is 10.4 Å². The van der Waals surface area contributed by atoms with Crippen LogP contribution in [0.4, 0.5) is 0 Å². The molecule has 0 aliphatic rings. The van der Waals surface area contributed by atoms with E-state index in [4.69, 9.17) is 0 Å². The molecule has 0 aromatic carbocycles. The highest BCUT2D eigenvalue weighted by Crippen LogP contribution is 2.15. The molecule has 51 heavy (non-hydrogen) atoms. The predicted molar refractivity (Wildman–Crippen MR) is 221 cm³/mol. The van der Waals surface area contributed by atoms with Gasteiger partial charge in [0.05, 0.1) is 17.9 Å². The van der Waals surface area contributed by atoms with Crippen LogP contribution in [0.1, 0.15) is 219 Å². The summed E-state index contributed by atoms with van der Waals surface area (Å²) >= 11 is 0. The Balaban J connectivity index is 3.93. The Hall–Kier alpha value is -1.44. The summed E-state index contributed by atoms with van der Waals surface area (Å²) in [6, 6.07) is -1.08. The summed E-state index contributed by atoms with van der Waals surface area (Å²) in [5.74, 6) is -1.01. The van der Waals surface area contributed by atoms with Gasteiger partial charge in [-0.3, -0.25) is 9.35 Å². The largest absolute Gasteiger partial charge is 0.387 e. The molecule has 1 amide bonds. The number of hydrogen-bond acceptors (Lipinski definition) is 4. The molecule has 2 atom stereocenters. The third kappa shape index (κ3) is 39.6. The van der Waals surface area contributed by atoms with E-state index in [1.54, 1.807) is 0 Å². The van der Waals surface area contributed by atoms with Gasteiger partial charge in [-0.2, -0.15) is 8.42 Å². The molecule has 0 spiro atoms. The molecule has 7 heteroatoms. The molecule has 6 nitrogen and oxygen atoms in total. The summed E-state index contributed by atoms with van der Waals surface area (Å²) in [4.78, 5) is 12.5. The summed E-state index contributed by atoms with van der Waals surface area (Å²) in [7, 11) is -4.36. The Morgan fingerprint density at radius 1 is 0.510 bits per heavy atom. The van der Waals surface area contributed by atoms with Crippen LogP contribution in [0.15, 0.2) is 36.5 Å². The fourth-order valence-corrected chi connectivity index (χ4v) is 7.25. The van der Waals surface area contributed by atoms with Crippen LogP contribution in [-0.2, 0) is 14.9 Å². The van der Waals surface area contributed by atoms with Crippen molar-refractivity contribution < 1.29 is 22.9 Å². The second-order valence-corrected chi connectivity index (χ2v) is 16.5. The Bertz CT molecular complexity index is 945. The summed E-state index contributed by atoms with van der Waals surface area (Å²) in [5, 5.41) is 13.2. The average molecular weight is 738 g/mol. The van der Waals surface area contributed by atoms with Crippen LogP contribution >= 0.6 is 0 Å². The van der Waals surface area contributed by atoms with E-state index in [2.05, 4.69) is 43.5 Å². The van der Waals surface area contributed by atoms with Crippen molar-refractivity contribution in [1.82, 2.24) is 5.32 Å². The molecule has 0 aliphatic carbocycles. The van der Waals surface area contributed by atoms with Gasteiger partial charge in [0.25, 0.3) is 10.1 Å². The van der Waals surface area contributed by atoms with Crippen molar-refractivity contribution in [3.05, 3.63) is 36.5 Å². The molecule has 0 heterocycles. The number of nitrogens with one attached hydrogen (secondary N) is 1. The number of carbonyl (C=O) groups is 1. The Morgan fingerprint density at radius 2 is 0.843 bits per heavy atom. The molecule has 0 aliphatic heterocycles. The molecule has 0 aromatic rings. The molecule has 0 saturated carbocycles. The van der Waals surface area contributed by atoms with Crippen LogP contribution in [0.2, 0.25) is 0 Å². The maximum atomic E-state index is 12.5. The number of unbranched alkanes of at least 4 members (excludes halogenated alkanes) is 27. The molecule has 300 valence electrons. The predicted octanol–water partition coefficient (Wildman–Crippen LogP) is 12.9. The number of hydrogen-bond donors (Lipinski definition) is 3. The van der Waals surface area contributed by atoms with Gasteiger partial charge in [-0.25, -0.2) is 0 Å². The minimum Gasteiger partial charge on any atom is -0.387 e. The van der Waals surface area contributed by atoms with E-state index in [9.17, 15) is 22.9 Å². The quantitative estimate of drug-likeness (QED) is 0.0331. The van der Waals surface area contributed by atoms with Gasteiger partial charge in [0.2, 0.25) is 5.91 Å². The van der Waals surface area contributed by atoms with E-state index in [1.807, 2.05) is 6.08 Å². The maximum absolute atomic E-state index is 12.5. The first-order valence-electron chi connectivity index (χ1n) is 21.7. The summed E-state index contributed by atoms with van der Waals surface area (Å²) in [6.07, 6.45) is 50.0. The fourth-order valence-electron chi connectivity index (χ4n) is 6.52. The zero-order valence-electron chi connectivity index (χ0n) is 33.5. The van der Waals surface area contributed by atoms with Crippen molar-refractivity contribution in [2.24, 2.45) is 0 Å². The number of rotatable bonds is 39. The molecule has 0 fully saturated rings. The first-order chi connectivity index (χ1) is 24.8. The minimum atomic E-state index is -4.36. The van der Waals surface area contributed by atoms with Crippen LogP contribution < -0.4 is 5.32 Å². The first-order valence-corrected chi connectivity index (χ1v) is 23.3. The Kier molecular flexibility index (Phi) is 37.2. The normalized spacial score (nSPS) is 13.6. The highest BCUT2D eigenvalue weighted by Gasteiger charge is 2.24. The summed E-state index contributed by atoms with van der Waals surface area (Å²) in [6.45, 7) is 4.52. The third-order valence-corrected chi connectivity index (χ3v) is 10.6. The molecule has 0 saturated heterocycles. The highest BCUT2D eigenvalue weighted by atomic mass is 32.2. The second kappa shape index (κ2) is 38.3. The van der Waals surface area contributed by atoms with Crippen molar-refractivity contribution in [2.45, 2.75) is 231 Å². The van der Waals surface area contributed by atoms with Crippen LogP contribution in [0, 0.1) is 0 Å². The first kappa shape index (κ1) is 49.6. The van der Waals surface area contributed by atoms with Gasteiger partial charge >= 0.3 is 0 Å². The lowest BCUT2D eigenvalue weighted by molar-refractivity contribution is -0.122.